The lowest BCUT2D eigenvalue weighted by atomic mass is 10.3. The zero-order valence-electron chi connectivity index (χ0n) is 13.6. The average molecular weight is 339 g/mol. The number of H-pyrrole nitrogens is 1. The van der Waals surface area contributed by atoms with Crippen LogP contribution in [-0.4, -0.2) is 43.7 Å². The van der Waals surface area contributed by atoms with Crippen molar-refractivity contribution >= 4 is 22.5 Å². The van der Waals surface area contributed by atoms with E-state index in [2.05, 4.69) is 30.6 Å². The SMILES string of the molecule is COCCCn1cc(Nc2nc(-c3ccoc3)nc3cn[nH]c23)cn1. The first kappa shape index (κ1) is 15.3. The summed E-state index contributed by atoms with van der Waals surface area (Å²) in [6.07, 6.45) is 9.46. The Balaban J connectivity index is 1.61. The summed E-state index contributed by atoms with van der Waals surface area (Å²) in [6.45, 7) is 1.50. The van der Waals surface area contributed by atoms with Crippen molar-refractivity contribution in [2.45, 2.75) is 13.0 Å². The molecule has 4 aromatic heterocycles. The van der Waals surface area contributed by atoms with E-state index in [0.29, 0.717) is 18.2 Å². The number of aryl methyl sites for hydroxylation is 1. The van der Waals surface area contributed by atoms with Gasteiger partial charge in [-0.05, 0) is 12.5 Å². The van der Waals surface area contributed by atoms with Crippen LogP contribution < -0.4 is 5.32 Å². The van der Waals surface area contributed by atoms with Crippen molar-refractivity contribution in [3.05, 3.63) is 37.2 Å². The first-order valence-electron chi connectivity index (χ1n) is 7.85. The first-order chi connectivity index (χ1) is 12.3. The molecule has 25 heavy (non-hydrogen) atoms. The minimum atomic E-state index is 0.567. The summed E-state index contributed by atoms with van der Waals surface area (Å²) in [4.78, 5) is 9.08. The fourth-order valence-corrected chi connectivity index (χ4v) is 2.51. The van der Waals surface area contributed by atoms with E-state index >= 15 is 0 Å². The first-order valence-corrected chi connectivity index (χ1v) is 7.85. The molecule has 0 fully saturated rings. The summed E-state index contributed by atoms with van der Waals surface area (Å²) in [7, 11) is 1.69. The van der Waals surface area contributed by atoms with Crippen molar-refractivity contribution in [1.29, 1.82) is 0 Å². The third-order valence-corrected chi connectivity index (χ3v) is 3.71. The van der Waals surface area contributed by atoms with E-state index in [0.717, 1.165) is 35.2 Å². The molecule has 0 radical (unpaired) electrons. The Hall–Kier alpha value is -3.20. The summed E-state index contributed by atoms with van der Waals surface area (Å²) >= 11 is 0. The minimum absolute atomic E-state index is 0.567. The second kappa shape index (κ2) is 6.73. The molecule has 0 saturated carbocycles. The van der Waals surface area contributed by atoms with E-state index in [9.17, 15) is 0 Å². The highest BCUT2D eigenvalue weighted by molar-refractivity contribution is 5.88. The molecule has 0 amide bonds. The standard InChI is InChI=1S/C16H17N7O2/c1-24-5-2-4-23-9-12(7-18-23)19-16-14-13(8-17-22-14)20-15(21-16)11-3-6-25-10-11/h3,6-10H,2,4-5H2,1H3,(H,17,22)(H,19,20,21). The average Bonchev–Trinajstić information content (AvgIpc) is 3.36. The maximum Gasteiger partial charge on any atom is 0.165 e. The van der Waals surface area contributed by atoms with Crippen LogP contribution in [0.25, 0.3) is 22.4 Å². The predicted octanol–water partition coefficient (Wildman–Crippen LogP) is 2.59. The number of aromatic amines is 1. The second-order valence-corrected chi connectivity index (χ2v) is 5.50. The topological polar surface area (TPSA) is 107 Å². The van der Waals surface area contributed by atoms with Crippen LogP contribution in [0, 0.1) is 0 Å². The van der Waals surface area contributed by atoms with Gasteiger partial charge in [0.15, 0.2) is 11.6 Å². The van der Waals surface area contributed by atoms with Crippen molar-refractivity contribution in [3.63, 3.8) is 0 Å². The van der Waals surface area contributed by atoms with Crippen LogP contribution in [-0.2, 0) is 11.3 Å². The quantitative estimate of drug-likeness (QED) is 0.498. The molecule has 0 aliphatic heterocycles. The largest absolute Gasteiger partial charge is 0.472 e. The van der Waals surface area contributed by atoms with Crippen LogP contribution >= 0.6 is 0 Å². The molecule has 9 heteroatoms. The van der Waals surface area contributed by atoms with Gasteiger partial charge in [-0.1, -0.05) is 0 Å². The molecule has 0 aliphatic rings. The smallest absolute Gasteiger partial charge is 0.165 e. The number of nitrogens with one attached hydrogen (secondary N) is 2. The molecule has 128 valence electrons. The monoisotopic (exact) mass is 339 g/mol. The number of hydrogen-bond acceptors (Lipinski definition) is 7. The third-order valence-electron chi connectivity index (χ3n) is 3.71. The Kier molecular flexibility index (Phi) is 4.13. The van der Waals surface area contributed by atoms with Gasteiger partial charge in [0.2, 0.25) is 0 Å². The molecule has 0 unspecified atom stereocenters. The molecule has 0 aromatic carbocycles. The maximum atomic E-state index is 5.12. The van der Waals surface area contributed by atoms with Gasteiger partial charge in [-0.2, -0.15) is 10.2 Å². The molecule has 0 atom stereocenters. The molecular weight excluding hydrogens is 322 g/mol. The Labute approximate surface area is 143 Å². The van der Waals surface area contributed by atoms with Gasteiger partial charge in [-0.25, -0.2) is 9.97 Å². The van der Waals surface area contributed by atoms with E-state index in [1.807, 2.05) is 16.9 Å². The summed E-state index contributed by atoms with van der Waals surface area (Å²) in [5.41, 5.74) is 3.10. The van der Waals surface area contributed by atoms with E-state index in [1.165, 1.54) is 0 Å². The van der Waals surface area contributed by atoms with Gasteiger partial charge < -0.3 is 14.5 Å². The number of aromatic nitrogens is 6. The number of fused-ring (bicyclic) bond motifs is 1. The second-order valence-electron chi connectivity index (χ2n) is 5.50. The third kappa shape index (κ3) is 3.22. The van der Waals surface area contributed by atoms with Gasteiger partial charge in [0.25, 0.3) is 0 Å². The summed E-state index contributed by atoms with van der Waals surface area (Å²) in [6, 6.07) is 1.82. The number of furan rings is 1. The fourth-order valence-electron chi connectivity index (χ4n) is 2.51. The predicted molar refractivity (Wildman–Crippen MR) is 91.4 cm³/mol. The molecule has 4 aromatic rings. The highest BCUT2D eigenvalue weighted by Gasteiger charge is 2.12. The summed E-state index contributed by atoms with van der Waals surface area (Å²) < 4.78 is 12.0. The summed E-state index contributed by atoms with van der Waals surface area (Å²) in [5, 5.41) is 14.6. The van der Waals surface area contributed by atoms with Crippen molar-refractivity contribution in [1.82, 2.24) is 29.9 Å². The molecule has 0 saturated heterocycles. The van der Waals surface area contributed by atoms with Gasteiger partial charge in [-0.3, -0.25) is 9.78 Å². The Morgan fingerprint density at radius 3 is 3.12 bits per heavy atom. The van der Waals surface area contributed by atoms with Gasteiger partial charge in [0, 0.05) is 26.5 Å². The highest BCUT2D eigenvalue weighted by Crippen LogP contribution is 2.25. The number of rotatable bonds is 7. The number of hydrogen-bond donors (Lipinski definition) is 2. The normalized spacial score (nSPS) is 11.2. The van der Waals surface area contributed by atoms with E-state index in [-0.39, 0.29) is 0 Å². The minimum Gasteiger partial charge on any atom is -0.472 e. The number of methoxy groups -OCH3 is 1. The molecule has 0 bridgehead atoms. The van der Waals surface area contributed by atoms with Crippen LogP contribution in [0.2, 0.25) is 0 Å². The zero-order chi connectivity index (χ0) is 17.1. The molecule has 2 N–H and O–H groups in total. The highest BCUT2D eigenvalue weighted by atomic mass is 16.5. The van der Waals surface area contributed by atoms with Crippen molar-refractivity contribution in [2.24, 2.45) is 0 Å². The molecule has 9 nitrogen and oxygen atoms in total. The van der Waals surface area contributed by atoms with Crippen LogP contribution in [0.4, 0.5) is 11.5 Å². The lowest BCUT2D eigenvalue weighted by Gasteiger charge is -2.06. The van der Waals surface area contributed by atoms with Gasteiger partial charge >= 0.3 is 0 Å². The van der Waals surface area contributed by atoms with E-state index in [1.54, 1.807) is 32.0 Å². The van der Waals surface area contributed by atoms with E-state index < -0.39 is 0 Å². The van der Waals surface area contributed by atoms with Crippen LogP contribution in [0.5, 0.6) is 0 Å². The molecular formula is C16H17N7O2. The van der Waals surface area contributed by atoms with Crippen molar-refractivity contribution in [2.75, 3.05) is 19.0 Å². The molecule has 0 spiro atoms. The van der Waals surface area contributed by atoms with E-state index in [4.69, 9.17) is 9.15 Å². The lowest BCUT2D eigenvalue weighted by Crippen LogP contribution is -2.01. The van der Waals surface area contributed by atoms with Gasteiger partial charge in [-0.15, -0.1) is 0 Å². The lowest BCUT2D eigenvalue weighted by molar-refractivity contribution is 0.189. The number of ether oxygens (including phenoxy) is 1. The molecule has 4 heterocycles. The zero-order valence-corrected chi connectivity index (χ0v) is 13.6. The molecule has 0 aliphatic carbocycles. The Bertz CT molecular complexity index is 958. The maximum absolute atomic E-state index is 5.12. The van der Waals surface area contributed by atoms with Crippen molar-refractivity contribution < 1.29 is 9.15 Å². The molecule has 4 rings (SSSR count). The van der Waals surface area contributed by atoms with Gasteiger partial charge in [0.1, 0.15) is 17.3 Å². The van der Waals surface area contributed by atoms with Gasteiger partial charge in [0.05, 0.1) is 29.9 Å². The number of nitrogens with zero attached hydrogens (tertiary/aromatic N) is 5. The Morgan fingerprint density at radius 2 is 2.28 bits per heavy atom. The Morgan fingerprint density at radius 1 is 1.32 bits per heavy atom. The fraction of sp³-hybridized carbons (Fsp3) is 0.250. The summed E-state index contributed by atoms with van der Waals surface area (Å²) in [5.74, 6) is 1.20. The number of anilines is 2. The van der Waals surface area contributed by atoms with Crippen LogP contribution in [0.3, 0.4) is 0 Å². The van der Waals surface area contributed by atoms with Crippen LogP contribution in [0.15, 0.2) is 41.6 Å². The van der Waals surface area contributed by atoms with Crippen LogP contribution in [0.1, 0.15) is 6.42 Å². The van der Waals surface area contributed by atoms with Crippen molar-refractivity contribution in [3.8, 4) is 11.4 Å².